The minimum absolute atomic E-state index is 0.0621. The third-order valence-electron chi connectivity index (χ3n) is 6.18. The van der Waals surface area contributed by atoms with Crippen molar-refractivity contribution in [3.8, 4) is 0 Å². The van der Waals surface area contributed by atoms with Crippen molar-refractivity contribution in [1.29, 1.82) is 0 Å². The van der Waals surface area contributed by atoms with E-state index in [1.54, 1.807) is 0 Å². The second-order valence-electron chi connectivity index (χ2n) is 11.4. The lowest BCUT2D eigenvalue weighted by atomic mass is 9.75. The molecule has 1 saturated heterocycles. The lowest BCUT2D eigenvalue weighted by molar-refractivity contribution is -0.212. The third kappa shape index (κ3) is 8.89. The van der Waals surface area contributed by atoms with E-state index in [0.29, 0.717) is 23.7 Å². The normalized spacial score (nSPS) is 29.8. The highest BCUT2D eigenvalue weighted by molar-refractivity contribution is 5.72. The average molecular weight is 456 g/mol. The van der Waals surface area contributed by atoms with Crippen LogP contribution in [0.15, 0.2) is 0 Å². The molecule has 1 heterocycles. The van der Waals surface area contributed by atoms with Gasteiger partial charge in [-0.25, -0.2) is 4.79 Å². The van der Waals surface area contributed by atoms with Crippen LogP contribution in [0.25, 0.3) is 0 Å². The second-order valence-corrected chi connectivity index (χ2v) is 11.4. The van der Waals surface area contributed by atoms with Crippen molar-refractivity contribution >= 4 is 12.1 Å². The number of carbonyl (C=O) groups is 2. The summed E-state index contributed by atoms with van der Waals surface area (Å²) in [4.78, 5) is 24.3. The molecule has 0 radical (unpaired) electrons. The smallest absolute Gasteiger partial charge is 0.407 e. The fourth-order valence-electron chi connectivity index (χ4n) is 4.66. The summed E-state index contributed by atoms with van der Waals surface area (Å²) in [6, 6.07) is -0.223. The predicted molar refractivity (Wildman–Crippen MR) is 123 cm³/mol. The molecule has 2 fully saturated rings. The molecule has 2 rings (SSSR count). The highest BCUT2D eigenvalue weighted by Crippen LogP contribution is 2.37. The first-order chi connectivity index (χ1) is 14.8. The fraction of sp³-hybridized carbons (Fsp3) is 0.920. The van der Waals surface area contributed by atoms with Gasteiger partial charge >= 0.3 is 12.1 Å². The molecule has 1 saturated carbocycles. The Morgan fingerprint density at radius 3 is 2.44 bits per heavy atom. The lowest BCUT2D eigenvalue weighted by Crippen LogP contribution is -2.44. The molecule has 0 spiro atoms. The number of carbonyl (C=O) groups excluding carboxylic acids is 2. The summed E-state index contributed by atoms with van der Waals surface area (Å²) >= 11 is 0. The van der Waals surface area contributed by atoms with Crippen molar-refractivity contribution in [3.05, 3.63) is 0 Å². The number of cyclic esters (lactones) is 1. The summed E-state index contributed by atoms with van der Waals surface area (Å²) in [5.41, 5.74) is -0.567. The average Bonchev–Trinajstić information content (AvgIpc) is 2.96. The molecule has 0 aromatic heterocycles. The van der Waals surface area contributed by atoms with Gasteiger partial charge in [-0.15, -0.1) is 0 Å². The Hall–Kier alpha value is -1.34. The molecule has 1 aliphatic carbocycles. The van der Waals surface area contributed by atoms with Crippen LogP contribution in [-0.2, 0) is 23.7 Å². The largest absolute Gasteiger partial charge is 0.444 e. The summed E-state index contributed by atoms with van der Waals surface area (Å²) in [6.07, 6.45) is 2.65. The van der Waals surface area contributed by atoms with Crippen molar-refractivity contribution in [2.75, 3.05) is 6.61 Å². The summed E-state index contributed by atoms with van der Waals surface area (Å²) in [5.74, 6) is 1.62. The SMILES string of the molecule is CC(C)CC(CO[C@@H]1CC(=O)O[C@H]1O[C@@H]1C[C@@H](C)CC[C@H]1C(C)C)NC(=O)OC(C)(C)C. The summed E-state index contributed by atoms with van der Waals surface area (Å²) in [5, 5.41) is 2.91. The Balaban J connectivity index is 1.98. The lowest BCUT2D eigenvalue weighted by Gasteiger charge is -2.38. The Labute approximate surface area is 194 Å². The molecule has 1 aliphatic heterocycles. The number of nitrogens with one attached hydrogen (secondary N) is 1. The second kappa shape index (κ2) is 11.7. The van der Waals surface area contributed by atoms with E-state index in [0.717, 1.165) is 19.3 Å². The highest BCUT2D eigenvalue weighted by atomic mass is 16.7. The van der Waals surface area contributed by atoms with Gasteiger partial charge < -0.3 is 24.3 Å². The zero-order valence-corrected chi connectivity index (χ0v) is 21.3. The van der Waals surface area contributed by atoms with E-state index in [2.05, 4.69) is 39.9 Å². The van der Waals surface area contributed by atoms with Gasteiger partial charge in [-0.05, 0) is 63.7 Å². The van der Waals surface area contributed by atoms with Crippen molar-refractivity contribution < 1.29 is 28.5 Å². The van der Waals surface area contributed by atoms with Crippen LogP contribution in [0.5, 0.6) is 0 Å². The Morgan fingerprint density at radius 2 is 1.84 bits per heavy atom. The molecular weight excluding hydrogens is 410 g/mol. The van der Waals surface area contributed by atoms with Gasteiger partial charge in [-0.3, -0.25) is 4.79 Å². The molecule has 32 heavy (non-hydrogen) atoms. The predicted octanol–water partition coefficient (Wildman–Crippen LogP) is 5.06. The molecule has 0 bridgehead atoms. The topological polar surface area (TPSA) is 83.1 Å². The van der Waals surface area contributed by atoms with E-state index in [1.807, 2.05) is 20.8 Å². The van der Waals surface area contributed by atoms with E-state index in [4.69, 9.17) is 18.9 Å². The van der Waals surface area contributed by atoms with E-state index in [-0.39, 0.29) is 31.1 Å². The van der Waals surface area contributed by atoms with Crippen LogP contribution in [-0.4, -0.2) is 48.8 Å². The summed E-state index contributed by atoms with van der Waals surface area (Å²) in [7, 11) is 0. The zero-order chi connectivity index (χ0) is 24.1. The first kappa shape index (κ1) is 26.9. The van der Waals surface area contributed by atoms with Gasteiger partial charge in [0.25, 0.3) is 0 Å². The van der Waals surface area contributed by atoms with Gasteiger partial charge in [0.05, 0.1) is 25.2 Å². The van der Waals surface area contributed by atoms with E-state index in [1.165, 1.54) is 6.42 Å². The zero-order valence-electron chi connectivity index (χ0n) is 21.3. The highest BCUT2D eigenvalue weighted by Gasteiger charge is 2.41. The van der Waals surface area contributed by atoms with Gasteiger partial charge in [0.1, 0.15) is 11.7 Å². The first-order valence-corrected chi connectivity index (χ1v) is 12.3. The molecule has 1 unspecified atom stereocenters. The molecule has 6 atom stereocenters. The molecule has 7 nitrogen and oxygen atoms in total. The molecule has 1 amide bonds. The third-order valence-corrected chi connectivity index (χ3v) is 6.18. The summed E-state index contributed by atoms with van der Waals surface area (Å²) < 4.78 is 23.4. The van der Waals surface area contributed by atoms with Gasteiger partial charge in [0, 0.05) is 0 Å². The minimum atomic E-state index is -0.694. The van der Waals surface area contributed by atoms with Crippen molar-refractivity contribution in [2.24, 2.45) is 23.7 Å². The van der Waals surface area contributed by atoms with Crippen LogP contribution in [0, 0.1) is 23.7 Å². The minimum Gasteiger partial charge on any atom is -0.444 e. The monoisotopic (exact) mass is 455 g/mol. The summed E-state index contributed by atoms with van der Waals surface area (Å²) in [6.45, 7) is 16.7. The van der Waals surface area contributed by atoms with Crippen molar-refractivity contribution in [3.63, 3.8) is 0 Å². The maximum absolute atomic E-state index is 12.3. The number of amides is 1. The number of hydrogen-bond donors (Lipinski definition) is 1. The van der Waals surface area contributed by atoms with Gasteiger partial charge in [0.2, 0.25) is 6.29 Å². The first-order valence-electron chi connectivity index (χ1n) is 12.3. The van der Waals surface area contributed by atoms with E-state index < -0.39 is 24.1 Å². The van der Waals surface area contributed by atoms with Crippen LogP contribution >= 0.6 is 0 Å². The number of alkyl carbamates (subject to hydrolysis) is 1. The number of esters is 1. The Kier molecular flexibility index (Phi) is 9.83. The van der Waals surface area contributed by atoms with E-state index >= 15 is 0 Å². The van der Waals surface area contributed by atoms with Gasteiger partial charge in [-0.1, -0.05) is 41.0 Å². The fourth-order valence-corrected chi connectivity index (χ4v) is 4.66. The molecular formula is C25H45NO6. The molecule has 186 valence electrons. The molecule has 1 N–H and O–H groups in total. The maximum Gasteiger partial charge on any atom is 0.407 e. The Morgan fingerprint density at radius 1 is 1.16 bits per heavy atom. The molecule has 2 aliphatic rings. The van der Waals surface area contributed by atoms with Gasteiger partial charge in [0.15, 0.2) is 0 Å². The van der Waals surface area contributed by atoms with E-state index in [9.17, 15) is 9.59 Å². The van der Waals surface area contributed by atoms with Crippen molar-refractivity contribution in [2.45, 2.75) is 118 Å². The van der Waals surface area contributed by atoms with Crippen LogP contribution < -0.4 is 5.32 Å². The quantitative estimate of drug-likeness (QED) is 0.489. The van der Waals surface area contributed by atoms with Gasteiger partial charge in [-0.2, -0.15) is 0 Å². The van der Waals surface area contributed by atoms with Crippen LogP contribution in [0.4, 0.5) is 4.79 Å². The molecule has 0 aromatic rings. The van der Waals surface area contributed by atoms with Crippen LogP contribution in [0.1, 0.15) is 87.5 Å². The van der Waals surface area contributed by atoms with Crippen molar-refractivity contribution in [1.82, 2.24) is 5.32 Å². The molecule has 7 heteroatoms. The standard InChI is InChI=1S/C25H45NO6/c1-15(2)11-18(26-24(28)32-25(6,7)8)14-29-21-13-22(27)31-23(21)30-20-12-17(5)9-10-19(20)16(3)4/h15-21,23H,9-14H2,1-8H3,(H,26,28)/t17-,18?,19-,20+,21+,23+/m0/s1. The van der Waals surface area contributed by atoms with Crippen LogP contribution in [0.3, 0.4) is 0 Å². The number of ether oxygens (including phenoxy) is 4. The Bertz CT molecular complexity index is 614. The van der Waals surface area contributed by atoms with Crippen LogP contribution in [0.2, 0.25) is 0 Å². The number of rotatable bonds is 9. The maximum atomic E-state index is 12.3. The number of hydrogen-bond acceptors (Lipinski definition) is 6. The molecule has 0 aromatic carbocycles.